The third-order valence-corrected chi connectivity index (χ3v) is 5.04. The van der Waals surface area contributed by atoms with Gasteiger partial charge in [-0.1, -0.05) is 36.8 Å². The summed E-state index contributed by atoms with van der Waals surface area (Å²) in [6.45, 7) is 6.37. The number of ether oxygens (including phenoxy) is 3. The molecule has 2 aliphatic rings. The highest BCUT2D eigenvalue weighted by atomic mass is 17.0. The monoisotopic (exact) mass is 407 g/mol. The molecule has 1 aromatic rings. The lowest BCUT2D eigenvalue weighted by molar-refractivity contribution is -0.444. The standard InChI is InChI=1S/C21H29NO7/c1-4-6-12-26-17-13-16(27-20(23)15-10-8-7-9-11-15)19-18(21(24)25-5-2)14(3)28-22(19)29-17/h7-11,14,16-19H,4-6,12-13H2,1-3H3/t14-,16-,17-,18+,19-/m1/s1. The largest absolute Gasteiger partial charge is 0.466 e. The summed E-state index contributed by atoms with van der Waals surface area (Å²) in [6.07, 6.45) is 0.424. The Morgan fingerprint density at radius 3 is 2.62 bits per heavy atom. The summed E-state index contributed by atoms with van der Waals surface area (Å²) < 4.78 is 16.8. The Morgan fingerprint density at radius 1 is 1.17 bits per heavy atom. The zero-order chi connectivity index (χ0) is 20.8. The predicted octanol–water partition coefficient (Wildman–Crippen LogP) is 2.87. The SMILES string of the molecule is CCCCO[C@H]1C[C@@H](OC(=O)c2ccccc2)[C@@H]2[C@@H](C(=O)OCC)[C@@H](C)ON2O1. The van der Waals surface area contributed by atoms with Crippen LogP contribution in [0.25, 0.3) is 0 Å². The molecule has 160 valence electrons. The van der Waals surface area contributed by atoms with Gasteiger partial charge in [0.2, 0.25) is 0 Å². The highest BCUT2D eigenvalue weighted by molar-refractivity contribution is 5.89. The van der Waals surface area contributed by atoms with Crippen molar-refractivity contribution >= 4 is 11.9 Å². The maximum absolute atomic E-state index is 12.7. The molecule has 0 aliphatic carbocycles. The maximum Gasteiger partial charge on any atom is 0.338 e. The normalized spacial score (nSPS) is 29.3. The molecule has 0 amide bonds. The summed E-state index contributed by atoms with van der Waals surface area (Å²) in [5.74, 6) is -1.51. The van der Waals surface area contributed by atoms with Gasteiger partial charge in [0, 0.05) is 13.0 Å². The smallest absolute Gasteiger partial charge is 0.338 e. The van der Waals surface area contributed by atoms with E-state index in [1.807, 2.05) is 6.07 Å². The van der Waals surface area contributed by atoms with Crippen LogP contribution in [-0.2, 0) is 28.7 Å². The third kappa shape index (κ3) is 5.14. The Bertz CT molecular complexity index is 683. The minimum atomic E-state index is -0.651. The molecule has 2 fully saturated rings. The number of hydrogen-bond acceptors (Lipinski definition) is 8. The molecule has 0 spiro atoms. The van der Waals surface area contributed by atoms with E-state index in [4.69, 9.17) is 23.9 Å². The topological polar surface area (TPSA) is 83.5 Å². The molecule has 0 saturated carbocycles. The minimum Gasteiger partial charge on any atom is -0.466 e. The second kappa shape index (κ2) is 10.2. The van der Waals surface area contributed by atoms with Gasteiger partial charge in [-0.3, -0.25) is 9.63 Å². The Hall–Kier alpha value is -2.00. The highest BCUT2D eigenvalue weighted by Gasteiger charge is 2.56. The first kappa shape index (κ1) is 21.7. The lowest BCUT2D eigenvalue weighted by Gasteiger charge is -2.38. The predicted molar refractivity (Wildman–Crippen MR) is 102 cm³/mol. The summed E-state index contributed by atoms with van der Waals surface area (Å²) in [4.78, 5) is 36.8. The van der Waals surface area contributed by atoms with E-state index in [0.717, 1.165) is 12.8 Å². The van der Waals surface area contributed by atoms with Crippen molar-refractivity contribution in [3.63, 3.8) is 0 Å². The number of unbranched alkanes of at least 4 members (excludes halogenated alkanes) is 1. The van der Waals surface area contributed by atoms with Crippen LogP contribution in [0.4, 0.5) is 0 Å². The van der Waals surface area contributed by atoms with Crippen molar-refractivity contribution in [2.24, 2.45) is 5.92 Å². The Balaban J connectivity index is 1.79. The first-order valence-corrected chi connectivity index (χ1v) is 10.2. The summed E-state index contributed by atoms with van der Waals surface area (Å²) in [7, 11) is 0. The van der Waals surface area contributed by atoms with Gasteiger partial charge >= 0.3 is 11.9 Å². The summed E-state index contributed by atoms with van der Waals surface area (Å²) >= 11 is 0. The van der Waals surface area contributed by atoms with E-state index in [0.29, 0.717) is 18.6 Å². The lowest BCUT2D eigenvalue weighted by Crippen LogP contribution is -2.54. The van der Waals surface area contributed by atoms with Crippen LogP contribution in [0.5, 0.6) is 0 Å². The van der Waals surface area contributed by atoms with Gasteiger partial charge in [0.05, 0.1) is 18.3 Å². The average molecular weight is 407 g/mol. The van der Waals surface area contributed by atoms with Gasteiger partial charge in [-0.05, 0) is 32.4 Å². The molecule has 8 nitrogen and oxygen atoms in total. The number of rotatable bonds is 8. The lowest BCUT2D eigenvalue weighted by atomic mass is 9.90. The molecule has 1 aromatic carbocycles. The average Bonchev–Trinajstić information content (AvgIpc) is 3.05. The number of hydrogen-bond donors (Lipinski definition) is 0. The van der Waals surface area contributed by atoms with E-state index in [9.17, 15) is 9.59 Å². The van der Waals surface area contributed by atoms with Crippen LogP contribution < -0.4 is 0 Å². The van der Waals surface area contributed by atoms with Crippen LogP contribution in [0.15, 0.2) is 30.3 Å². The van der Waals surface area contributed by atoms with E-state index >= 15 is 0 Å². The van der Waals surface area contributed by atoms with E-state index in [2.05, 4.69) is 6.92 Å². The molecule has 0 radical (unpaired) electrons. The Morgan fingerprint density at radius 2 is 1.93 bits per heavy atom. The van der Waals surface area contributed by atoms with Crippen molar-refractivity contribution in [2.75, 3.05) is 13.2 Å². The summed E-state index contributed by atoms with van der Waals surface area (Å²) in [5.41, 5.74) is 0.439. The molecule has 2 aliphatic heterocycles. The molecule has 0 aromatic heterocycles. The van der Waals surface area contributed by atoms with Crippen molar-refractivity contribution in [2.45, 2.75) is 64.6 Å². The zero-order valence-corrected chi connectivity index (χ0v) is 17.1. The first-order chi connectivity index (χ1) is 14.0. The number of carbonyl (C=O) groups is 2. The van der Waals surface area contributed by atoms with Gasteiger partial charge in [-0.2, -0.15) is 0 Å². The molecule has 3 rings (SSSR count). The van der Waals surface area contributed by atoms with Gasteiger partial charge in [-0.15, -0.1) is 0 Å². The van der Waals surface area contributed by atoms with Crippen molar-refractivity contribution in [1.29, 1.82) is 0 Å². The van der Waals surface area contributed by atoms with Crippen molar-refractivity contribution < 1.29 is 33.5 Å². The quantitative estimate of drug-likeness (QED) is 0.481. The number of benzene rings is 1. The zero-order valence-electron chi connectivity index (χ0n) is 17.1. The molecule has 5 atom stereocenters. The van der Waals surface area contributed by atoms with E-state index in [-0.39, 0.29) is 6.61 Å². The summed E-state index contributed by atoms with van der Waals surface area (Å²) in [5, 5.41) is 1.26. The van der Waals surface area contributed by atoms with Crippen LogP contribution in [0.3, 0.4) is 0 Å². The fraction of sp³-hybridized carbons (Fsp3) is 0.619. The fourth-order valence-electron chi connectivity index (χ4n) is 3.58. The molecule has 2 heterocycles. The molecule has 8 heteroatoms. The van der Waals surface area contributed by atoms with Gasteiger partial charge < -0.3 is 14.2 Å². The summed E-state index contributed by atoms with van der Waals surface area (Å²) in [6, 6.07) is 8.13. The maximum atomic E-state index is 12.7. The molecule has 0 unspecified atom stereocenters. The Labute approximate surface area is 170 Å². The van der Waals surface area contributed by atoms with Crippen molar-refractivity contribution in [3.8, 4) is 0 Å². The van der Waals surface area contributed by atoms with Crippen LogP contribution in [0.2, 0.25) is 0 Å². The van der Waals surface area contributed by atoms with Gasteiger partial charge in [-0.25, -0.2) is 9.63 Å². The second-order valence-corrected chi connectivity index (χ2v) is 7.17. The van der Waals surface area contributed by atoms with Crippen LogP contribution in [0.1, 0.15) is 50.4 Å². The minimum absolute atomic E-state index is 0.257. The number of hydroxylamine groups is 2. The van der Waals surface area contributed by atoms with E-state index in [1.54, 1.807) is 38.1 Å². The molecular weight excluding hydrogens is 378 g/mol. The molecule has 0 bridgehead atoms. The number of esters is 2. The highest BCUT2D eigenvalue weighted by Crippen LogP contribution is 2.38. The van der Waals surface area contributed by atoms with E-state index in [1.165, 1.54) is 5.23 Å². The molecule has 2 saturated heterocycles. The first-order valence-electron chi connectivity index (χ1n) is 10.2. The molecule has 29 heavy (non-hydrogen) atoms. The second-order valence-electron chi connectivity index (χ2n) is 7.17. The number of fused-ring (bicyclic) bond motifs is 1. The molecule has 0 N–H and O–H groups in total. The Kier molecular flexibility index (Phi) is 7.60. The third-order valence-electron chi connectivity index (χ3n) is 5.04. The fourth-order valence-corrected chi connectivity index (χ4v) is 3.58. The number of carbonyl (C=O) groups excluding carboxylic acids is 2. The molecular formula is C21H29NO7. The van der Waals surface area contributed by atoms with Gasteiger partial charge in [0.15, 0.2) is 6.29 Å². The van der Waals surface area contributed by atoms with Crippen molar-refractivity contribution in [1.82, 2.24) is 5.23 Å². The van der Waals surface area contributed by atoms with E-state index < -0.39 is 42.4 Å². The number of nitrogens with zero attached hydrogens (tertiary/aromatic N) is 1. The van der Waals surface area contributed by atoms with Crippen LogP contribution in [0, 0.1) is 5.92 Å². The van der Waals surface area contributed by atoms with Crippen LogP contribution in [-0.4, -0.2) is 54.9 Å². The van der Waals surface area contributed by atoms with Gasteiger partial charge in [0.1, 0.15) is 18.1 Å². The van der Waals surface area contributed by atoms with Crippen molar-refractivity contribution in [3.05, 3.63) is 35.9 Å². The van der Waals surface area contributed by atoms with Gasteiger partial charge in [0.25, 0.3) is 0 Å². The van der Waals surface area contributed by atoms with Crippen LogP contribution >= 0.6 is 0 Å².